The Labute approximate surface area is 111 Å². The highest BCUT2D eigenvalue weighted by atomic mass is 127. The molecule has 1 aliphatic heterocycles. The minimum atomic E-state index is 0.0674. The van der Waals surface area contributed by atoms with Crippen LogP contribution in [0.4, 0.5) is 0 Å². The highest BCUT2D eigenvalue weighted by Crippen LogP contribution is 2.32. The molecular formula is C10H10I2O2. The molecule has 1 aromatic rings. The van der Waals surface area contributed by atoms with Gasteiger partial charge in [-0.2, -0.15) is 0 Å². The summed E-state index contributed by atoms with van der Waals surface area (Å²) in [5, 5.41) is 0. The second-order valence-corrected chi connectivity index (χ2v) is 5.56. The number of hydrogen-bond acceptors (Lipinski definition) is 2. The first-order valence-electron chi connectivity index (χ1n) is 4.44. The molecule has 2 atom stereocenters. The van der Waals surface area contributed by atoms with Crippen molar-refractivity contribution in [2.24, 2.45) is 0 Å². The molecule has 0 amide bonds. The zero-order valence-electron chi connectivity index (χ0n) is 7.67. The topological polar surface area (TPSA) is 18.5 Å². The van der Waals surface area contributed by atoms with Crippen molar-refractivity contribution in [3.05, 3.63) is 23.8 Å². The predicted molar refractivity (Wildman–Crippen MR) is 72.7 cm³/mol. The standard InChI is InChI=1S/C10H10I2O2/c1-2-6-3-7-5-8(4-6)14-10(12)9(11)13-7/h3-5,9-10H,2H2,1H3. The lowest BCUT2D eigenvalue weighted by atomic mass is 10.1. The first kappa shape index (κ1) is 10.8. The zero-order valence-corrected chi connectivity index (χ0v) is 12.0. The maximum atomic E-state index is 5.72. The molecule has 2 bridgehead atoms. The number of rotatable bonds is 1. The van der Waals surface area contributed by atoms with Crippen molar-refractivity contribution in [3.8, 4) is 11.5 Å². The minimum absolute atomic E-state index is 0.0674. The zero-order chi connectivity index (χ0) is 10.1. The summed E-state index contributed by atoms with van der Waals surface area (Å²) in [6.07, 6.45) is 1.01. The molecule has 2 unspecified atom stereocenters. The molecule has 2 nitrogen and oxygen atoms in total. The minimum Gasteiger partial charge on any atom is -0.475 e. The fraction of sp³-hybridized carbons (Fsp3) is 0.400. The van der Waals surface area contributed by atoms with E-state index < -0.39 is 0 Å². The Kier molecular flexibility index (Phi) is 3.41. The molecular weight excluding hydrogens is 406 g/mol. The van der Waals surface area contributed by atoms with Crippen LogP contribution in [-0.4, -0.2) is 8.22 Å². The van der Waals surface area contributed by atoms with Gasteiger partial charge in [0.05, 0.1) is 0 Å². The summed E-state index contributed by atoms with van der Waals surface area (Å²) >= 11 is 4.50. The number of ether oxygens (including phenoxy) is 2. The van der Waals surface area contributed by atoms with E-state index in [0.29, 0.717) is 0 Å². The van der Waals surface area contributed by atoms with Gasteiger partial charge in [0.1, 0.15) is 11.5 Å². The van der Waals surface area contributed by atoms with E-state index >= 15 is 0 Å². The van der Waals surface area contributed by atoms with Crippen LogP contribution in [0.2, 0.25) is 0 Å². The Morgan fingerprint density at radius 2 is 1.57 bits per heavy atom. The monoisotopic (exact) mass is 416 g/mol. The van der Waals surface area contributed by atoms with Crippen LogP contribution in [0.1, 0.15) is 12.5 Å². The van der Waals surface area contributed by atoms with E-state index in [1.807, 2.05) is 6.07 Å². The van der Waals surface area contributed by atoms with E-state index in [9.17, 15) is 0 Å². The molecule has 0 aromatic heterocycles. The van der Waals surface area contributed by atoms with Gasteiger partial charge in [0.2, 0.25) is 0 Å². The van der Waals surface area contributed by atoms with Crippen molar-refractivity contribution in [1.82, 2.24) is 0 Å². The van der Waals surface area contributed by atoms with Gasteiger partial charge in [0.15, 0.2) is 8.22 Å². The highest BCUT2D eigenvalue weighted by Gasteiger charge is 2.23. The molecule has 0 saturated carbocycles. The fourth-order valence-electron chi connectivity index (χ4n) is 1.34. The average molecular weight is 416 g/mol. The Bertz CT molecular complexity index is 313. The lowest BCUT2D eigenvalue weighted by Gasteiger charge is -2.14. The third-order valence-electron chi connectivity index (χ3n) is 2.05. The summed E-state index contributed by atoms with van der Waals surface area (Å²) in [4.78, 5) is 0. The summed E-state index contributed by atoms with van der Waals surface area (Å²) in [6.45, 7) is 2.13. The number of benzene rings is 1. The number of hydrogen-bond donors (Lipinski definition) is 0. The molecule has 1 aromatic carbocycles. The molecule has 0 radical (unpaired) electrons. The van der Waals surface area contributed by atoms with E-state index in [4.69, 9.17) is 9.47 Å². The number of fused-ring (bicyclic) bond motifs is 2. The Balaban J connectivity index is 2.37. The van der Waals surface area contributed by atoms with Crippen LogP contribution >= 0.6 is 45.2 Å². The van der Waals surface area contributed by atoms with Crippen LogP contribution in [0.3, 0.4) is 0 Å². The first-order chi connectivity index (χ1) is 6.69. The molecule has 1 heterocycles. The van der Waals surface area contributed by atoms with E-state index in [-0.39, 0.29) is 8.22 Å². The third kappa shape index (κ3) is 2.26. The number of aryl methyl sites for hydroxylation is 1. The van der Waals surface area contributed by atoms with E-state index in [0.717, 1.165) is 17.9 Å². The van der Waals surface area contributed by atoms with Crippen LogP contribution in [0, 0.1) is 0 Å². The number of halogens is 2. The summed E-state index contributed by atoms with van der Waals surface area (Å²) < 4.78 is 11.6. The molecule has 2 rings (SSSR count). The van der Waals surface area contributed by atoms with Gasteiger partial charge in [-0.1, -0.05) is 6.92 Å². The molecule has 0 spiro atoms. The largest absolute Gasteiger partial charge is 0.475 e. The van der Waals surface area contributed by atoms with E-state index in [1.165, 1.54) is 5.56 Å². The molecule has 0 aliphatic carbocycles. The van der Waals surface area contributed by atoms with Crippen molar-refractivity contribution < 1.29 is 9.47 Å². The molecule has 14 heavy (non-hydrogen) atoms. The van der Waals surface area contributed by atoms with Crippen molar-refractivity contribution in [3.63, 3.8) is 0 Å². The summed E-state index contributed by atoms with van der Waals surface area (Å²) in [6, 6.07) is 6.10. The third-order valence-corrected chi connectivity index (χ3v) is 5.24. The van der Waals surface area contributed by atoms with E-state index in [1.54, 1.807) is 0 Å². The van der Waals surface area contributed by atoms with Gasteiger partial charge in [-0.3, -0.25) is 0 Å². The average Bonchev–Trinajstić information content (AvgIpc) is 2.24. The van der Waals surface area contributed by atoms with Gasteiger partial charge >= 0.3 is 0 Å². The van der Waals surface area contributed by atoms with Gasteiger partial charge in [0, 0.05) is 6.07 Å². The molecule has 76 valence electrons. The summed E-state index contributed by atoms with van der Waals surface area (Å²) in [7, 11) is 0. The van der Waals surface area contributed by atoms with Crippen molar-refractivity contribution >= 4 is 45.2 Å². The maximum absolute atomic E-state index is 5.72. The second kappa shape index (κ2) is 4.42. The van der Waals surface area contributed by atoms with Crippen molar-refractivity contribution in [2.75, 3.05) is 0 Å². The summed E-state index contributed by atoms with van der Waals surface area (Å²) in [5.74, 6) is 1.83. The lowest BCUT2D eigenvalue weighted by molar-refractivity contribution is 0.204. The van der Waals surface area contributed by atoms with Gasteiger partial charge in [0.25, 0.3) is 0 Å². The molecule has 1 aliphatic rings. The van der Waals surface area contributed by atoms with Gasteiger partial charge in [-0.05, 0) is 69.3 Å². The lowest BCUT2D eigenvalue weighted by Crippen LogP contribution is -2.23. The van der Waals surface area contributed by atoms with Crippen LogP contribution in [0.25, 0.3) is 0 Å². The first-order valence-corrected chi connectivity index (χ1v) is 6.93. The fourth-order valence-corrected chi connectivity index (χ4v) is 2.22. The van der Waals surface area contributed by atoms with Gasteiger partial charge in [-0.15, -0.1) is 0 Å². The van der Waals surface area contributed by atoms with Gasteiger partial charge in [-0.25, -0.2) is 0 Å². The van der Waals surface area contributed by atoms with Crippen LogP contribution in [0.5, 0.6) is 11.5 Å². The molecule has 0 saturated heterocycles. The number of alkyl halides is 2. The Hall–Kier alpha value is 0.280. The molecule has 0 N–H and O–H groups in total. The van der Waals surface area contributed by atoms with E-state index in [2.05, 4.69) is 64.2 Å². The van der Waals surface area contributed by atoms with Crippen LogP contribution < -0.4 is 9.47 Å². The van der Waals surface area contributed by atoms with Crippen molar-refractivity contribution in [2.45, 2.75) is 21.6 Å². The summed E-state index contributed by atoms with van der Waals surface area (Å²) in [5.41, 5.74) is 1.26. The van der Waals surface area contributed by atoms with Gasteiger partial charge < -0.3 is 9.47 Å². The second-order valence-electron chi connectivity index (χ2n) is 3.10. The molecule has 4 heteroatoms. The highest BCUT2D eigenvalue weighted by molar-refractivity contribution is 14.1. The van der Waals surface area contributed by atoms with Crippen molar-refractivity contribution in [1.29, 1.82) is 0 Å². The normalized spacial score (nSPS) is 24.8. The smallest absolute Gasteiger partial charge is 0.194 e. The Morgan fingerprint density at radius 1 is 1.07 bits per heavy atom. The predicted octanol–water partition coefficient (Wildman–Crippen LogP) is 3.54. The van der Waals surface area contributed by atoms with Crippen LogP contribution in [0.15, 0.2) is 18.2 Å². The Morgan fingerprint density at radius 3 is 2.00 bits per heavy atom. The maximum Gasteiger partial charge on any atom is 0.194 e. The van der Waals surface area contributed by atoms with Crippen LogP contribution in [-0.2, 0) is 6.42 Å². The SMILES string of the molecule is CCc1cc2cc(c1)OC(I)C(I)O2. The quantitative estimate of drug-likeness (QED) is 0.516. The molecule has 0 fully saturated rings.